The van der Waals surface area contributed by atoms with E-state index in [9.17, 15) is 4.79 Å². The molecule has 0 bridgehead atoms. The Morgan fingerprint density at radius 2 is 1.89 bits per heavy atom. The van der Waals surface area contributed by atoms with Crippen molar-refractivity contribution in [2.45, 2.75) is 69.7 Å². The number of ether oxygens (including phenoxy) is 1. The third-order valence-corrected chi connectivity index (χ3v) is 8.27. The Labute approximate surface area is 219 Å². The molecular weight excluding hydrogens is 466 g/mol. The van der Waals surface area contributed by atoms with Crippen molar-refractivity contribution in [1.82, 2.24) is 24.7 Å². The van der Waals surface area contributed by atoms with E-state index in [1.165, 1.54) is 32.1 Å². The molecule has 9 heteroatoms. The van der Waals surface area contributed by atoms with Gasteiger partial charge >= 0.3 is 0 Å². The normalized spacial score (nSPS) is 20.9. The number of aromatic amines is 1. The molecule has 2 aliphatic heterocycles. The van der Waals surface area contributed by atoms with E-state index in [0.29, 0.717) is 44.9 Å². The molecule has 1 aromatic carbocycles. The molecule has 3 heterocycles. The van der Waals surface area contributed by atoms with Gasteiger partial charge in [0.15, 0.2) is 0 Å². The molecule has 0 unspecified atom stereocenters. The van der Waals surface area contributed by atoms with E-state index in [0.717, 1.165) is 43.4 Å². The fraction of sp³-hybridized carbons (Fsp3) is 0.607. The number of H-pyrrole nitrogens is 1. The molecule has 3 aliphatic rings. The maximum atomic E-state index is 13.4. The molecule has 1 spiro atoms. The Kier molecular flexibility index (Phi) is 8.22. The summed E-state index contributed by atoms with van der Waals surface area (Å²) in [6.45, 7) is 5.64. The van der Waals surface area contributed by atoms with E-state index in [2.05, 4.69) is 19.8 Å². The average molecular weight is 508 g/mol. The molecule has 1 aromatic heterocycles. The van der Waals surface area contributed by atoms with Crippen LogP contribution in [0.15, 0.2) is 36.7 Å². The molecule has 2 aromatic rings. The summed E-state index contributed by atoms with van der Waals surface area (Å²) in [5.74, 6) is 1.03. The summed E-state index contributed by atoms with van der Waals surface area (Å²) in [5.41, 5.74) is 7.26. The van der Waals surface area contributed by atoms with Crippen LogP contribution in [0.1, 0.15) is 66.7 Å². The number of amidine groups is 1. The monoisotopic (exact) mass is 507 g/mol. The number of hydrogen-bond acceptors (Lipinski definition) is 6. The SMILES string of the molecule is N=C(N)CN(Cc1ccc(C(=O)N2CCOC3(CCN(C4CCCCC4)CC3)C2)cc1)Cc1ncc[nH]1. The van der Waals surface area contributed by atoms with E-state index in [4.69, 9.17) is 15.9 Å². The maximum absolute atomic E-state index is 13.4. The molecule has 37 heavy (non-hydrogen) atoms. The van der Waals surface area contributed by atoms with Crippen LogP contribution in [0, 0.1) is 5.41 Å². The number of hydrogen-bond donors (Lipinski definition) is 3. The van der Waals surface area contributed by atoms with E-state index < -0.39 is 0 Å². The first-order valence-corrected chi connectivity index (χ1v) is 13.8. The Hall–Kier alpha value is -2.75. The average Bonchev–Trinajstić information content (AvgIpc) is 3.42. The van der Waals surface area contributed by atoms with Gasteiger partial charge in [-0.05, 0) is 43.4 Å². The number of likely N-dealkylation sites (tertiary alicyclic amines) is 1. The number of amides is 1. The van der Waals surface area contributed by atoms with Crippen LogP contribution in [-0.4, -0.2) is 87.4 Å². The van der Waals surface area contributed by atoms with Crippen LogP contribution >= 0.6 is 0 Å². The zero-order valence-corrected chi connectivity index (χ0v) is 21.8. The molecule has 0 radical (unpaired) electrons. The minimum absolute atomic E-state index is 0.0834. The van der Waals surface area contributed by atoms with Gasteiger partial charge in [0, 0.05) is 50.2 Å². The molecule has 5 rings (SSSR count). The first-order chi connectivity index (χ1) is 18.0. The number of aromatic nitrogens is 2. The van der Waals surface area contributed by atoms with Crippen LogP contribution in [-0.2, 0) is 17.8 Å². The molecule has 9 nitrogen and oxygen atoms in total. The second-order valence-corrected chi connectivity index (χ2v) is 11.0. The molecular formula is C28H41N7O2. The summed E-state index contributed by atoms with van der Waals surface area (Å²) in [5, 5.41) is 7.71. The highest BCUT2D eigenvalue weighted by Gasteiger charge is 2.42. The van der Waals surface area contributed by atoms with E-state index in [1.54, 1.807) is 12.4 Å². The summed E-state index contributed by atoms with van der Waals surface area (Å²) in [6.07, 6.45) is 12.3. The standard InChI is InChI=1S/C28H41N7O2/c29-25(30)19-33(20-26-31-12-13-32-26)18-22-6-8-23(9-7-22)27(36)35-16-17-37-28(21-35)10-14-34(15-11-28)24-4-2-1-3-5-24/h6-9,12-13,24H,1-5,10-11,14-21H2,(H3,29,30)(H,31,32). The van der Waals surface area contributed by atoms with E-state index >= 15 is 0 Å². The Morgan fingerprint density at radius 1 is 1.14 bits per heavy atom. The second-order valence-electron chi connectivity index (χ2n) is 11.0. The number of nitrogens with one attached hydrogen (secondary N) is 2. The van der Waals surface area contributed by atoms with Crippen LogP contribution in [0.3, 0.4) is 0 Å². The van der Waals surface area contributed by atoms with Crippen LogP contribution in [0.2, 0.25) is 0 Å². The van der Waals surface area contributed by atoms with Crippen LogP contribution in [0.5, 0.6) is 0 Å². The number of nitrogens with zero attached hydrogens (tertiary/aromatic N) is 4. The van der Waals surface area contributed by atoms with Crippen molar-refractivity contribution in [3.05, 3.63) is 53.6 Å². The van der Waals surface area contributed by atoms with Gasteiger partial charge in [-0.15, -0.1) is 0 Å². The zero-order chi connectivity index (χ0) is 25.7. The van der Waals surface area contributed by atoms with Crippen LogP contribution in [0.4, 0.5) is 0 Å². The van der Waals surface area contributed by atoms with Crippen molar-refractivity contribution in [2.24, 2.45) is 5.73 Å². The molecule has 0 atom stereocenters. The highest BCUT2D eigenvalue weighted by molar-refractivity contribution is 5.94. The van der Waals surface area contributed by atoms with Crippen molar-refractivity contribution in [3.63, 3.8) is 0 Å². The van der Waals surface area contributed by atoms with Crippen molar-refractivity contribution in [1.29, 1.82) is 5.41 Å². The number of imidazole rings is 1. The first-order valence-electron chi connectivity index (χ1n) is 13.8. The van der Waals surface area contributed by atoms with Gasteiger partial charge in [0.2, 0.25) is 0 Å². The molecule has 2 saturated heterocycles. The number of rotatable bonds is 8. The molecule has 4 N–H and O–H groups in total. The fourth-order valence-electron chi connectivity index (χ4n) is 6.26. The number of nitrogens with two attached hydrogens (primary N) is 1. The van der Waals surface area contributed by atoms with Gasteiger partial charge in [0.25, 0.3) is 5.91 Å². The lowest BCUT2D eigenvalue weighted by atomic mass is 9.86. The zero-order valence-electron chi connectivity index (χ0n) is 21.8. The lowest BCUT2D eigenvalue weighted by molar-refractivity contribution is -0.131. The van der Waals surface area contributed by atoms with Crippen molar-refractivity contribution in [3.8, 4) is 0 Å². The Balaban J connectivity index is 1.17. The Bertz CT molecular complexity index is 1030. The fourth-order valence-corrected chi connectivity index (χ4v) is 6.26. The number of benzene rings is 1. The number of piperidine rings is 1. The van der Waals surface area contributed by atoms with E-state index in [-0.39, 0.29) is 17.3 Å². The maximum Gasteiger partial charge on any atom is 0.254 e. The van der Waals surface area contributed by atoms with Crippen molar-refractivity contribution >= 4 is 11.7 Å². The topological polar surface area (TPSA) is 115 Å². The molecule has 1 aliphatic carbocycles. The molecule has 1 amide bonds. The number of carbonyl (C=O) groups excluding carboxylic acids is 1. The van der Waals surface area contributed by atoms with Gasteiger partial charge in [-0.1, -0.05) is 31.4 Å². The van der Waals surface area contributed by atoms with Crippen molar-refractivity contribution < 1.29 is 9.53 Å². The second kappa shape index (κ2) is 11.8. The van der Waals surface area contributed by atoms with Gasteiger partial charge < -0.3 is 25.3 Å². The van der Waals surface area contributed by atoms with Gasteiger partial charge in [0.05, 0.1) is 31.8 Å². The molecule has 200 valence electrons. The van der Waals surface area contributed by atoms with E-state index in [1.807, 2.05) is 29.2 Å². The predicted octanol–water partition coefficient (Wildman–Crippen LogP) is 2.99. The van der Waals surface area contributed by atoms with Crippen LogP contribution < -0.4 is 5.73 Å². The third-order valence-electron chi connectivity index (χ3n) is 8.27. The van der Waals surface area contributed by atoms with Gasteiger partial charge in [-0.3, -0.25) is 15.1 Å². The predicted molar refractivity (Wildman–Crippen MR) is 143 cm³/mol. The summed E-state index contributed by atoms with van der Waals surface area (Å²) in [7, 11) is 0. The van der Waals surface area contributed by atoms with Crippen LogP contribution in [0.25, 0.3) is 0 Å². The van der Waals surface area contributed by atoms with Gasteiger partial charge in [0.1, 0.15) is 11.7 Å². The Morgan fingerprint density at radius 3 is 2.57 bits per heavy atom. The third kappa shape index (κ3) is 6.58. The highest BCUT2D eigenvalue weighted by Crippen LogP contribution is 2.34. The number of carbonyl (C=O) groups is 1. The van der Waals surface area contributed by atoms with Gasteiger partial charge in [-0.2, -0.15) is 0 Å². The van der Waals surface area contributed by atoms with Crippen molar-refractivity contribution in [2.75, 3.05) is 39.3 Å². The summed E-state index contributed by atoms with van der Waals surface area (Å²) in [6, 6.07) is 8.59. The lowest BCUT2D eigenvalue weighted by Gasteiger charge is -2.49. The number of morpholine rings is 1. The quantitative estimate of drug-likeness (QED) is 0.374. The summed E-state index contributed by atoms with van der Waals surface area (Å²) in [4.78, 5) is 27.5. The largest absolute Gasteiger partial charge is 0.387 e. The minimum Gasteiger partial charge on any atom is -0.387 e. The summed E-state index contributed by atoms with van der Waals surface area (Å²) >= 11 is 0. The molecule has 3 fully saturated rings. The molecule has 1 saturated carbocycles. The first kappa shape index (κ1) is 25.9. The minimum atomic E-state index is -0.196. The van der Waals surface area contributed by atoms with Gasteiger partial charge in [-0.25, -0.2) is 4.98 Å². The summed E-state index contributed by atoms with van der Waals surface area (Å²) < 4.78 is 6.33. The lowest BCUT2D eigenvalue weighted by Crippen LogP contribution is -2.59. The smallest absolute Gasteiger partial charge is 0.254 e. The highest BCUT2D eigenvalue weighted by atomic mass is 16.5.